The van der Waals surface area contributed by atoms with Gasteiger partial charge in [-0.2, -0.15) is 0 Å². The van der Waals surface area contributed by atoms with Crippen LogP contribution >= 0.6 is 0 Å². The van der Waals surface area contributed by atoms with E-state index in [0.29, 0.717) is 18.5 Å². The minimum Gasteiger partial charge on any atom is -0.461 e. The Kier molecular flexibility index (Phi) is 3.80. The van der Waals surface area contributed by atoms with Gasteiger partial charge >= 0.3 is 5.97 Å². The second-order valence-corrected chi connectivity index (χ2v) is 4.80. The van der Waals surface area contributed by atoms with E-state index < -0.39 is 4.92 Å². The van der Waals surface area contributed by atoms with Crippen molar-refractivity contribution in [3.05, 3.63) is 39.9 Å². The monoisotopic (exact) mass is 264 g/mol. The molecule has 1 aliphatic rings. The highest BCUT2D eigenvalue weighted by Crippen LogP contribution is 2.24. The fraction of sp³-hybridized carbons (Fsp3) is 0.462. The maximum atomic E-state index is 11.6. The van der Waals surface area contributed by atoms with Gasteiger partial charge < -0.3 is 4.74 Å². The van der Waals surface area contributed by atoms with Gasteiger partial charge in [-0.1, -0.05) is 18.2 Å². The van der Waals surface area contributed by atoms with E-state index in [1.807, 2.05) is 6.92 Å². The first kappa shape index (κ1) is 13.5. The lowest BCUT2D eigenvalue weighted by molar-refractivity contribution is -0.385. The van der Waals surface area contributed by atoms with Crippen LogP contribution in [0.15, 0.2) is 24.3 Å². The summed E-state index contributed by atoms with van der Waals surface area (Å²) in [4.78, 5) is 24.0. The van der Waals surface area contributed by atoms with Crippen molar-refractivity contribution in [2.45, 2.75) is 32.0 Å². The molecule has 0 aliphatic carbocycles. The molecule has 0 aromatic heterocycles. The summed E-state index contributed by atoms with van der Waals surface area (Å²) < 4.78 is 5.10. The zero-order chi connectivity index (χ0) is 14.0. The van der Waals surface area contributed by atoms with Crippen LogP contribution in [0.25, 0.3) is 0 Å². The predicted octanol–water partition coefficient (Wildman–Crippen LogP) is 1.73. The predicted molar refractivity (Wildman–Crippen MR) is 68.5 cm³/mol. The zero-order valence-electron chi connectivity index (χ0n) is 10.9. The number of nitro groups is 1. The van der Waals surface area contributed by atoms with Crippen LogP contribution in [-0.4, -0.2) is 35.0 Å². The highest BCUT2D eigenvalue weighted by Gasteiger charge is 2.35. The number of nitro benzene ring substituents is 1. The van der Waals surface area contributed by atoms with Gasteiger partial charge in [0.1, 0.15) is 12.1 Å². The number of hydrogen-bond acceptors (Lipinski definition) is 5. The Hall–Kier alpha value is -1.95. The Morgan fingerprint density at radius 3 is 2.74 bits per heavy atom. The Labute approximate surface area is 111 Å². The molecule has 6 heteroatoms. The molecule has 2 rings (SSSR count). The van der Waals surface area contributed by atoms with E-state index in [1.54, 1.807) is 30.1 Å². The van der Waals surface area contributed by atoms with Gasteiger partial charge in [0.15, 0.2) is 0 Å². The van der Waals surface area contributed by atoms with Crippen LogP contribution in [0.2, 0.25) is 0 Å². The Morgan fingerprint density at radius 1 is 1.47 bits per heavy atom. The molecule has 1 aromatic rings. The largest absolute Gasteiger partial charge is 0.461 e. The standard InChI is InChI=1S/C13H16N2O4/c1-9-7-12(13(16)19-9)14(2)8-10-5-3-4-6-11(10)15(17)18/h3-6,9,12H,7-8H2,1-2H3. The minimum absolute atomic E-state index is 0.0776. The van der Waals surface area contributed by atoms with Gasteiger partial charge in [-0.25, -0.2) is 0 Å². The topological polar surface area (TPSA) is 72.7 Å². The maximum absolute atomic E-state index is 11.6. The van der Waals surface area contributed by atoms with Gasteiger partial charge in [0.05, 0.1) is 4.92 Å². The first-order chi connectivity index (χ1) is 8.99. The summed E-state index contributed by atoms with van der Waals surface area (Å²) >= 11 is 0. The van der Waals surface area contributed by atoms with Gasteiger partial charge in [-0.15, -0.1) is 0 Å². The third-order valence-electron chi connectivity index (χ3n) is 3.28. The Balaban J connectivity index is 2.13. The van der Waals surface area contributed by atoms with E-state index >= 15 is 0 Å². The summed E-state index contributed by atoms with van der Waals surface area (Å²) in [6.07, 6.45) is 0.529. The fourth-order valence-corrected chi connectivity index (χ4v) is 2.30. The molecule has 1 heterocycles. The van der Waals surface area contributed by atoms with Crippen LogP contribution in [0.4, 0.5) is 5.69 Å². The lowest BCUT2D eigenvalue weighted by Gasteiger charge is -2.20. The van der Waals surface area contributed by atoms with Crippen LogP contribution in [0, 0.1) is 10.1 Å². The number of para-hydroxylation sites is 1. The summed E-state index contributed by atoms with van der Waals surface area (Å²) in [7, 11) is 1.78. The molecule has 1 aromatic carbocycles. The molecule has 6 nitrogen and oxygen atoms in total. The lowest BCUT2D eigenvalue weighted by atomic mass is 10.1. The van der Waals surface area contributed by atoms with Crippen molar-refractivity contribution in [3.63, 3.8) is 0 Å². The van der Waals surface area contributed by atoms with Crippen molar-refractivity contribution in [1.29, 1.82) is 0 Å². The summed E-state index contributed by atoms with van der Waals surface area (Å²) in [6, 6.07) is 6.24. The van der Waals surface area contributed by atoms with E-state index in [4.69, 9.17) is 4.74 Å². The van der Waals surface area contributed by atoms with Crippen LogP contribution in [0.5, 0.6) is 0 Å². The summed E-state index contributed by atoms with van der Waals surface area (Å²) in [6.45, 7) is 2.19. The lowest BCUT2D eigenvalue weighted by Crippen LogP contribution is -2.34. The highest BCUT2D eigenvalue weighted by molar-refractivity contribution is 5.77. The number of likely N-dealkylation sites (N-methyl/N-ethyl adjacent to an activating group) is 1. The molecule has 0 saturated carbocycles. The van der Waals surface area contributed by atoms with Crippen molar-refractivity contribution in [3.8, 4) is 0 Å². The molecule has 102 valence electrons. The number of benzene rings is 1. The number of carbonyl (C=O) groups is 1. The molecule has 0 bridgehead atoms. The first-order valence-corrected chi connectivity index (χ1v) is 6.12. The Bertz CT molecular complexity index is 503. The molecule has 0 spiro atoms. The van der Waals surface area contributed by atoms with Crippen molar-refractivity contribution >= 4 is 11.7 Å². The van der Waals surface area contributed by atoms with E-state index in [9.17, 15) is 14.9 Å². The number of rotatable bonds is 4. The van der Waals surface area contributed by atoms with Gasteiger partial charge in [-0.05, 0) is 14.0 Å². The molecule has 1 aliphatic heterocycles. The number of carbonyl (C=O) groups excluding carboxylic acids is 1. The normalized spacial score (nSPS) is 22.6. The van der Waals surface area contributed by atoms with Gasteiger partial charge in [0.25, 0.3) is 5.69 Å². The number of ether oxygens (including phenoxy) is 1. The van der Waals surface area contributed by atoms with Crippen molar-refractivity contribution in [2.24, 2.45) is 0 Å². The third-order valence-corrected chi connectivity index (χ3v) is 3.28. The van der Waals surface area contributed by atoms with Crippen molar-refractivity contribution < 1.29 is 14.5 Å². The fourth-order valence-electron chi connectivity index (χ4n) is 2.30. The number of esters is 1. The molecule has 0 radical (unpaired) electrons. The Morgan fingerprint density at radius 2 is 2.16 bits per heavy atom. The highest BCUT2D eigenvalue weighted by atomic mass is 16.6. The van der Waals surface area contributed by atoms with E-state index in [0.717, 1.165) is 0 Å². The molecule has 0 amide bonds. The average molecular weight is 264 g/mol. The molecule has 1 saturated heterocycles. The molecular weight excluding hydrogens is 248 g/mol. The molecule has 0 N–H and O–H groups in total. The van der Waals surface area contributed by atoms with Crippen LogP contribution in [-0.2, 0) is 16.1 Å². The SMILES string of the molecule is CC1CC(N(C)Cc2ccccc2[N+](=O)[O-])C(=O)O1. The van der Waals surface area contributed by atoms with E-state index in [2.05, 4.69) is 0 Å². The maximum Gasteiger partial charge on any atom is 0.323 e. The van der Waals surface area contributed by atoms with Crippen LogP contribution in [0.1, 0.15) is 18.9 Å². The molecular formula is C13H16N2O4. The molecule has 1 fully saturated rings. The van der Waals surface area contributed by atoms with Gasteiger partial charge in [0.2, 0.25) is 0 Å². The number of cyclic esters (lactones) is 1. The second-order valence-electron chi connectivity index (χ2n) is 4.80. The average Bonchev–Trinajstić information content (AvgIpc) is 2.69. The van der Waals surface area contributed by atoms with Crippen molar-refractivity contribution in [2.75, 3.05) is 7.05 Å². The molecule has 19 heavy (non-hydrogen) atoms. The summed E-state index contributed by atoms with van der Waals surface area (Å²) in [5, 5.41) is 10.9. The van der Waals surface area contributed by atoms with Gasteiger partial charge in [0, 0.05) is 24.6 Å². The van der Waals surface area contributed by atoms with E-state index in [1.165, 1.54) is 6.07 Å². The zero-order valence-corrected chi connectivity index (χ0v) is 10.9. The summed E-state index contributed by atoms with van der Waals surface area (Å²) in [5.74, 6) is -0.256. The molecule has 2 atom stereocenters. The quantitative estimate of drug-likeness (QED) is 0.470. The number of hydrogen-bond donors (Lipinski definition) is 0. The van der Waals surface area contributed by atoms with Crippen molar-refractivity contribution in [1.82, 2.24) is 4.90 Å². The summed E-state index contributed by atoms with van der Waals surface area (Å²) in [5.41, 5.74) is 0.677. The first-order valence-electron chi connectivity index (χ1n) is 6.12. The molecule has 2 unspecified atom stereocenters. The minimum atomic E-state index is -0.404. The van der Waals surface area contributed by atoms with E-state index in [-0.39, 0.29) is 23.8 Å². The van der Waals surface area contributed by atoms with Crippen LogP contribution in [0.3, 0.4) is 0 Å². The van der Waals surface area contributed by atoms with Crippen LogP contribution < -0.4 is 0 Å². The smallest absolute Gasteiger partial charge is 0.323 e. The van der Waals surface area contributed by atoms with Gasteiger partial charge in [-0.3, -0.25) is 19.8 Å². The second kappa shape index (κ2) is 5.36. The number of nitrogens with zero attached hydrogens (tertiary/aromatic N) is 2. The third kappa shape index (κ3) is 2.90.